The van der Waals surface area contributed by atoms with E-state index in [4.69, 9.17) is 11.6 Å². The van der Waals surface area contributed by atoms with Crippen molar-refractivity contribution < 1.29 is 4.79 Å². The Bertz CT molecular complexity index is 470. The minimum absolute atomic E-state index is 0.0635. The van der Waals surface area contributed by atoms with Crippen molar-refractivity contribution in [2.75, 3.05) is 5.32 Å². The average Bonchev–Trinajstić information content (AvgIpc) is 2.44. The Morgan fingerprint density at radius 2 is 2.00 bits per heavy atom. The highest BCUT2D eigenvalue weighted by molar-refractivity contribution is 6.31. The molecule has 4 heteroatoms. The van der Waals surface area contributed by atoms with Crippen LogP contribution < -0.4 is 10.6 Å². The van der Waals surface area contributed by atoms with E-state index in [0.717, 1.165) is 29.1 Å². The van der Waals surface area contributed by atoms with Crippen molar-refractivity contribution in [3.8, 4) is 0 Å². The van der Waals surface area contributed by atoms with Crippen LogP contribution in [0.25, 0.3) is 0 Å². The summed E-state index contributed by atoms with van der Waals surface area (Å²) in [5.41, 5.74) is 1.92. The van der Waals surface area contributed by atoms with E-state index in [-0.39, 0.29) is 11.9 Å². The van der Waals surface area contributed by atoms with Crippen molar-refractivity contribution in [2.24, 2.45) is 0 Å². The SMILES string of the molecule is Cc1ccc(NC(C)C(=O)NC2CCCCC2)cc1Cl. The molecule has 1 unspecified atom stereocenters. The molecule has 110 valence electrons. The number of carbonyl (C=O) groups is 1. The van der Waals surface area contributed by atoms with Crippen LogP contribution in [0.2, 0.25) is 5.02 Å². The van der Waals surface area contributed by atoms with E-state index in [0.29, 0.717) is 6.04 Å². The van der Waals surface area contributed by atoms with E-state index in [9.17, 15) is 4.79 Å². The summed E-state index contributed by atoms with van der Waals surface area (Å²) >= 11 is 6.09. The van der Waals surface area contributed by atoms with Crippen LogP contribution in [0.3, 0.4) is 0 Å². The average molecular weight is 295 g/mol. The van der Waals surface area contributed by atoms with Crippen LogP contribution in [0, 0.1) is 6.92 Å². The molecule has 1 amide bonds. The van der Waals surface area contributed by atoms with E-state index in [1.54, 1.807) is 0 Å². The molecule has 1 fully saturated rings. The molecule has 2 N–H and O–H groups in total. The van der Waals surface area contributed by atoms with Crippen LogP contribution in [0.5, 0.6) is 0 Å². The normalized spacial score (nSPS) is 17.6. The predicted molar refractivity (Wildman–Crippen MR) is 84.3 cm³/mol. The maximum atomic E-state index is 12.2. The number of aryl methyl sites for hydroxylation is 1. The van der Waals surface area contributed by atoms with Gasteiger partial charge in [-0.05, 0) is 44.4 Å². The van der Waals surface area contributed by atoms with Crippen LogP contribution in [-0.4, -0.2) is 18.0 Å². The second-order valence-corrected chi connectivity index (χ2v) is 6.08. The number of benzene rings is 1. The molecule has 0 heterocycles. The molecule has 1 saturated carbocycles. The minimum atomic E-state index is -0.254. The quantitative estimate of drug-likeness (QED) is 0.884. The molecule has 20 heavy (non-hydrogen) atoms. The highest BCUT2D eigenvalue weighted by Crippen LogP contribution is 2.21. The third-order valence-corrected chi connectivity index (χ3v) is 4.31. The highest BCUT2D eigenvalue weighted by Gasteiger charge is 2.19. The highest BCUT2D eigenvalue weighted by atomic mass is 35.5. The fraction of sp³-hybridized carbons (Fsp3) is 0.562. The number of nitrogens with one attached hydrogen (secondary N) is 2. The number of carbonyl (C=O) groups excluding carboxylic acids is 1. The molecule has 1 atom stereocenters. The van der Waals surface area contributed by atoms with Crippen molar-refractivity contribution in [1.29, 1.82) is 0 Å². The minimum Gasteiger partial charge on any atom is -0.374 e. The van der Waals surface area contributed by atoms with Gasteiger partial charge in [0, 0.05) is 16.8 Å². The lowest BCUT2D eigenvalue weighted by atomic mass is 9.95. The van der Waals surface area contributed by atoms with Crippen LogP contribution in [0.15, 0.2) is 18.2 Å². The van der Waals surface area contributed by atoms with Crippen LogP contribution in [-0.2, 0) is 4.79 Å². The van der Waals surface area contributed by atoms with Gasteiger partial charge in [0.15, 0.2) is 0 Å². The second kappa shape index (κ2) is 6.98. The van der Waals surface area contributed by atoms with Gasteiger partial charge in [-0.3, -0.25) is 4.79 Å². The summed E-state index contributed by atoms with van der Waals surface area (Å²) in [6, 6.07) is 5.86. The van der Waals surface area contributed by atoms with Gasteiger partial charge in [-0.2, -0.15) is 0 Å². The molecule has 1 aliphatic carbocycles. The van der Waals surface area contributed by atoms with Crippen molar-refractivity contribution >= 4 is 23.2 Å². The smallest absolute Gasteiger partial charge is 0.242 e. The van der Waals surface area contributed by atoms with Gasteiger partial charge >= 0.3 is 0 Å². The summed E-state index contributed by atoms with van der Waals surface area (Å²) < 4.78 is 0. The van der Waals surface area contributed by atoms with Crippen molar-refractivity contribution in [3.63, 3.8) is 0 Å². The maximum Gasteiger partial charge on any atom is 0.242 e. The zero-order chi connectivity index (χ0) is 14.5. The lowest BCUT2D eigenvalue weighted by Crippen LogP contribution is -2.44. The van der Waals surface area contributed by atoms with Gasteiger partial charge in [0.1, 0.15) is 6.04 Å². The molecule has 1 aromatic rings. The molecule has 1 aliphatic rings. The van der Waals surface area contributed by atoms with Crippen LogP contribution >= 0.6 is 11.6 Å². The molecule has 0 spiro atoms. The van der Waals surface area contributed by atoms with E-state index < -0.39 is 0 Å². The van der Waals surface area contributed by atoms with Gasteiger partial charge in [0.2, 0.25) is 5.91 Å². The van der Waals surface area contributed by atoms with Crippen molar-refractivity contribution in [2.45, 2.75) is 58.0 Å². The first kappa shape index (κ1) is 15.2. The fourth-order valence-corrected chi connectivity index (χ4v) is 2.75. The Morgan fingerprint density at radius 1 is 1.30 bits per heavy atom. The summed E-state index contributed by atoms with van der Waals surface area (Å²) in [5, 5.41) is 7.05. The summed E-state index contributed by atoms with van der Waals surface area (Å²) in [4.78, 5) is 12.2. The molecule has 0 aromatic heterocycles. The summed E-state index contributed by atoms with van der Waals surface area (Å²) in [7, 11) is 0. The topological polar surface area (TPSA) is 41.1 Å². The number of anilines is 1. The van der Waals surface area contributed by atoms with Gasteiger partial charge in [0.25, 0.3) is 0 Å². The Labute approximate surface area is 126 Å². The van der Waals surface area contributed by atoms with E-state index in [1.807, 2.05) is 32.0 Å². The van der Waals surface area contributed by atoms with Gasteiger partial charge in [-0.15, -0.1) is 0 Å². The molecule has 0 radical (unpaired) electrons. The first-order chi connectivity index (χ1) is 9.56. The number of hydrogen-bond donors (Lipinski definition) is 2. The summed E-state index contributed by atoms with van der Waals surface area (Å²) in [5.74, 6) is 0.0635. The Kier molecular flexibility index (Phi) is 5.30. The summed E-state index contributed by atoms with van der Waals surface area (Å²) in [6.07, 6.45) is 5.95. The zero-order valence-electron chi connectivity index (χ0n) is 12.2. The van der Waals surface area contributed by atoms with Crippen LogP contribution in [0.1, 0.15) is 44.6 Å². The molecule has 2 rings (SSSR count). The monoisotopic (exact) mass is 294 g/mol. The Morgan fingerprint density at radius 3 is 2.65 bits per heavy atom. The van der Waals surface area contributed by atoms with Gasteiger partial charge in [-0.1, -0.05) is 36.9 Å². The first-order valence-electron chi connectivity index (χ1n) is 7.39. The first-order valence-corrected chi connectivity index (χ1v) is 7.77. The third-order valence-electron chi connectivity index (χ3n) is 3.90. The molecule has 1 aromatic carbocycles. The third kappa shape index (κ3) is 4.14. The number of hydrogen-bond acceptors (Lipinski definition) is 2. The van der Waals surface area contributed by atoms with E-state index in [1.165, 1.54) is 19.3 Å². The number of halogens is 1. The van der Waals surface area contributed by atoms with Gasteiger partial charge < -0.3 is 10.6 Å². The summed E-state index contributed by atoms with van der Waals surface area (Å²) in [6.45, 7) is 3.84. The zero-order valence-corrected chi connectivity index (χ0v) is 13.0. The molecule has 0 saturated heterocycles. The molecule has 0 bridgehead atoms. The van der Waals surface area contributed by atoms with E-state index in [2.05, 4.69) is 10.6 Å². The number of amides is 1. The second-order valence-electron chi connectivity index (χ2n) is 5.67. The Hall–Kier alpha value is -1.22. The maximum absolute atomic E-state index is 12.2. The van der Waals surface area contributed by atoms with Gasteiger partial charge in [0.05, 0.1) is 0 Å². The van der Waals surface area contributed by atoms with Crippen molar-refractivity contribution in [3.05, 3.63) is 28.8 Å². The lowest BCUT2D eigenvalue weighted by molar-refractivity contribution is -0.122. The largest absolute Gasteiger partial charge is 0.374 e. The fourth-order valence-electron chi connectivity index (χ4n) is 2.57. The Balaban J connectivity index is 1.88. The molecular weight excluding hydrogens is 272 g/mol. The van der Waals surface area contributed by atoms with Crippen molar-refractivity contribution in [1.82, 2.24) is 5.32 Å². The molecule has 0 aliphatic heterocycles. The molecular formula is C16H23ClN2O. The van der Waals surface area contributed by atoms with Crippen LogP contribution in [0.4, 0.5) is 5.69 Å². The van der Waals surface area contributed by atoms with Gasteiger partial charge in [-0.25, -0.2) is 0 Å². The standard InChI is InChI=1S/C16H23ClN2O/c1-11-8-9-14(10-15(11)17)18-12(2)16(20)19-13-6-4-3-5-7-13/h8-10,12-13,18H,3-7H2,1-2H3,(H,19,20). The van der Waals surface area contributed by atoms with E-state index >= 15 is 0 Å². The lowest BCUT2D eigenvalue weighted by Gasteiger charge is -2.25. The number of rotatable bonds is 4. The predicted octanol–water partition coefficient (Wildman–Crippen LogP) is 3.90. The molecule has 3 nitrogen and oxygen atoms in total.